The molecule has 2 heterocycles. The van der Waals surface area contributed by atoms with Gasteiger partial charge in [0, 0.05) is 16.1 Å². The maximum absolute atomic E-state index is 11.6. The molecule has 2 unspecified atom stereocenters. The molecule has 0 aromatic heterocycles. The van der Waals surface area contributed by atoms with Crippen molar-refractivity contribution in [1.29, 1.82) is 0 Å². The molecule has 1 N–H and O–H groups in total. The van der Waals surface area contributed by atoms with E-state index in [2.05, 4.69) is 30.0 Å². The molecule has 0 amide bonds. The first-order valence-corrected chi connectivity index (χ1v) is 9.08. The van der Waals surface area contributed by atoms with E-state index in [0.29, 0.717) is 10.5 Å². The van der Waals surface area contributed by atoms with Gasteiger partial charge in [-0.3, -0.25) is 0 Å². The number of thioether (sulfide) groups is 1. The number of hydrogen-bond acceptors (Lipinski definition) is 3. The van der Waals surface area contributed by atoms with Gasteiger partial charge in [0.05, 0.1) is 12.7 Å². The van der Waals surface area contributed by atoms with E-state index in [9.17, 15) is 5.11 Å². The Bertz CT molecular complexity index is 685. The molecular weight excluding hydrogens is 292 g/mol. The van der Waals surface area contributed by atoms with Crippen molar-refractivity contribution in [1.82, 2.24) is 0 Å². The number of hydrogen-bond donors (Lipinski definition) is 1. The molecule has 2 bridgehead atoms. The molecule has 2 fully saturated rings. The lowest BCUT2D eigenvalue weighted by Gasteiger charge is -2.44. The number of ether oxygens (including phenoxy) is 1. The van der Waals surface area contributed by atoms with Gasteiger partial charge in [-0.05, 0) is 42.5 Å². The first kappa shape index (κ1) is 14.4. The second-order valence-corrected chi connectivity index (χ2v) is 8.22. The van der Waals surface area contributed by atoms with E-state index >= 15 is 0 Å². The maximum atomic E-state index is 11.6. The van der Waals surface area contributed by atoms with Crippen LogP contribution in [0.2, 0.25) is 0 Å². The van der Waals surface area contributed by atoms with E-state index in [-0.39, 0.29) is 0 Å². The Hall–Kier alpha value is -1.19. The molecule has 0 saturated carbocycles. The average molecular weight is 314 g/mol. The Morgan fingerprint density at radius 1 is 1.09 bits per heavy atom. The molecule has 2 aromatic rings. The lowest BCUT2D eigenvalue weighted by atomic mass is 9.78. The molecule has 116 valence electrons. The van der Waals surface area contributed by atoms with Gasteiger partial charge in [0.15, 0.2) is 0 Å². The summed E-state index contributed by atoms with van der Waals surface area (Å²) in [6.45, 7) is 0. The van der Waals surface area contributed by atoms with Crippen LogP contribution in [0.1, 0.15) is 37.7 Å². The summed E-state index contributed by atoms with van der Waals surface area (Å²) < 4.78 is 5.63. The van der Waals surface area contributed by atoms with E-state index in [4.69, 9.17) is 4.74 Å². The summed E-state index contributed by atoms with van der Waals surface area (Å²) >= 11 is 2.09. The predicted octanol–water partition coefficient (Wildman–Crippen LogP) is 4.48. The third kappa shape index (κ3) is 2.31. The molecule has 3 heteroatoms. The van der Waals surface area contributed by atoms with Gasteiger partial charge in [-0.2, -0.15) is 11.8 Å². The van der Waals surface area contributed by atoms with E-state index in [1.807, 2.05) is 18.2 Å². The van der Waals surface area contributed by atoms with Crippen LogP contribution in [0.4, 0.5) is 0 Å². The number of rotatable bonds is 2. The zero-order valence-corrected chi connectivity index (χ0v) is 13.7. The van der Waals surface area contributed by atoms with Crippen molar-refractivity contribution >= 4 is 22.5 Å². The molecule has 0 aliphatic carbocycles. The van der Waals surface area contributed by atoms with Crippen LogP contribution in [0.25, 0.3) is 10.8 Å². The highest BCUT2D eigenvalue weighted by molar-refractivity contribution is 8.00. The predicted molar refractivity (Wildman–Crippen MR) is 92.6 cm³/mol. The molecule has 2 saturated heterocycles. The Balaban J connectivity index is 1.88. The third-order valence-electron chi connectivity index (χ3n) is 5.14. The fourth-order valence-corrected chi connectivity index (χ4v) is 6.12. The minimum absolute atomic E-state index is 0.584. The van der Waals surface area contributed by atoms with E-state index in [1.54, 1.807) is 7.11 Å². The number of aliphatic hydroxyl groups is 1. The highest BCUT2D eigenvalue weighted by Gasteiger charge is 2.44. The van der Waals surface area contributed by atoms with Gasteiger partial charge in [0.25, 0.3) is 0 Å². The smallest absolute Gasteiger partial charge is 0.125 e. The first-order chi connectivity index (χ1) is 10.7. The quantitative estimate of drug-likeness (QED) is 0.886. The lowest BCUT2D eigenvalue weighted by Crippen LogP contribution is -2.41. The van der Waals surface area contributed by atoms with Crippen LogP contribution in [-0.4, -0.2) is 22.7 Å². The van der Waals surface area contributed by atoms with E-state index in [1.165, 1.54) is 24.6 Å². The summed E-state index contributed by atoms with van der Waals surface area (Å²) in [7, 11) is 1.70. The first-order valence-electron chi connectivity index (χ1n) is 8.14. The van der Waals surface area contributed by atoms with Gasteiger partial charge in [-0.15, -0.1) is 0 Å². The van der Waals surface area contributed by atoms with Crippen LogP contribution < -0.4 is 4.74 Å². The van der Waals surface area contributed by atoms with Gasteiger partial charge in [-0.25, -0.2) is 0 Å². The molecule has 4 rings (SSSR count). The normalized spacial score (nSPS) is 31.2. The second kappa shape index (κ2) is 5.47. The fraction of sp³-hybridized carbons (Fsp3) is 0.474. The van der Waals surface area contributed by atoms with Crippen LogP contribution in [-0.2, 0) is 5.60 Å². The van der Waals surface area contributed by atoms with Crippen molar-refractivity contribution in [3.8, 4) is 5.75 Å². The molecule has 22 heavy (non-hydrogen) atoms. The van der Waals surface area contributed by atoms with Crippen molar-refractivity contribution in [2.75, 3.05) is 7.11 Å². The maximum Gasteiger partial charge on any atom is 0.125 e. The molecule has 2 aromatic carbocycles. The average Bonchev–Trinajstić information content (AvgIpc) is 2.53. The van der Waals surface area contributed by atoms with Gasteiger partial charge in [-0.1, -0.05) is 36.8 Å². The van der Waals surface area contributed by atoms with Crippen LogP contribution in [0, 0.1) is 0 Å². The molecule has 0 spiro atoms. The minimum Gasteiger partial charge on any atom is -0.496 e. The topological polar surface area (TPSA) is 29.5 Å². The van der Waals surface area contributed by atoms with E-state index in [0.717, 1.165) is 29.5 Å². The lowest BCUT2D eigenvalue weighted by molar-refractivity contribution is 0.00756. The summed E-state index contributed by atoms with van der Waals surface area (Å²) in [5.74, 6) is 0.825. The zero-order valence-electron chi connectivity index (χ0n) is 12.9. The summed E-state index contributed by atoms with van der Waals surface area (Å²) in [5.41, 5.74) is 0.248. The van der Waals surface area contributed by atoms with Crippen molar-refractivity contribution in [2.45, 2.75) is 48.2 Å². The summed E-state index contributed by atoms with van der Waals surface area (Å²) in [6.07, 6.45) is 5.47. The highest BCUT2D eigenvalue weighted by Crippen LogP contribution is 2.52. The Morgan fingerprint density at radius 3 is 2.55 bits per heavy atom. The van der Waals surface area contributed by atoms with Crippen molar-refractivity contribution < 1.29 is 9.84 Å². The number of fused-ring (bicyclic) bond motifs is 3. The van der Waals surface area contributed by atoms with Crippen LogP contribution in [0.3, 0.4) is 0 Å². The SMILES string of the molecule is COc1ccc2ccccc2c1C1(O)CC2CCCC(C1)S2. The Labute approximate surface area is 135 Å². The van der Waals surface area contributed by atoms with Crippen molar-refractivity contribution in [3.63, 3.8) is 0 Å². The van der Waals surface area contributed by atoms with Crippen LogP contribution in [0.5, 0.6) is 5.75 Å². The van der Waals surface area contributed by atoms with Gasteiger partial charge in [0.2, 0.25) is 0 Å². The highest BCUT2D eigenvalue weighted by atomic mass is 32.2. The van der Waals surface area contributed by atoms with Crippen molar-refractivity contribution in [2.24, 2.45) is 0 Å². The molecule has 2 aliphatic rings. The summed E-state index contributed by atoms with van der Waals surface area (Å²) in [5, 5.41) is 15.0. The number of methoxy groups -OCH3 is 1. The van der Waals surface area contributed by atoms with Gasteiger partial charge in [0.1, 0.15) is 5.75 Å². The van der Waals surface area contributed by atoms with Gasteiger partial charge >= 0.3 is 0 Å². The summed E-state index contributed by atoms with van der Waals surface area (Å²) in [6, 6.07) is 12.4. The largest absolute Gasteiger partial charge is 0.496 e. The molecule has 2 aliphatic heterocycles. The van der Waals surface area contributed by atoms with Crippen LogP contribution >= 0.6 is 11.8 Å². The molecular formula is C19H22O2S. The standard InChI is InChI=1S/C19H22O2S/c1-21-17-10-9-13-5-2-3-8-16(13)18(17)19(20)11-14-6-4-7-15(12-19)22-14/h2-3,5,8-10,14-15,20H,4,6-7,11-12H2,1H3. The number of benzene rings is 2. The van der Waals surface area contributed by atoms with E-state index < -0.39 is 5.60 Å². The van der Waals surface area contributed by atoms with Crippen molar-refractivity contribution in [3.05, 3.63) is 42.0 Å². The Kier molecular flexibility index (Phi) is 3.58. The summed E-state index contributed by atoms with van der Waals surface area (Å²) in [4.78, 5) is 0. The van der Waals surface area contributed by atoms with Gasteiger partial charge < -0.3 is 9.84 Å². The van der Waals surface area contributed by atoms with Crippen LogP contribution in [0.15, 0.2) is 36.4 Å². The fourth-order valence-electron chi connectivity index (χ4n) is 4.22. The molecule has 0 radical (unpaired) electrons. The molecule has 2 nitrogen and oxygen atoms in total. The molecule has 2 atom stereocenters. The minimum atomic E-state index is -0.757. The third-order valence-corrected chi connectivity index (χ3v) is 6.72. The second-order valence-electron chi connectivity index (χ2n) is 6.61. The zero-order chi connectivity index (χ0) is 15.2. The monoisotopic (exact) mass is 314 g/mol. The Morgan fingerprint density at radius 2 is 1.82 bits per heavy atom.